The Balaban J connectivity index is 5.47. The molecule has 11 heteroatoms. The van der Waals surface area contributed by atoms with E-state index >= 15 is 0 Å². The zero-order valence-corrected chi connectivity index (χ0v) is 19.8. The Morgan fingerprint density at radius 2 is 1.55 bits per heavy atom. The predicted octanol–water partition coefficient (Wildman–Crippen LogP) is -0.310. The normalized spacial score (nSPS) is 16.0. The lowest BCUT2D eigenvalue weighted by atomic mass is 9.96. The third kappa shape index (κ3) is 10.8. The van der Waals surface area contributed by atoms with Crippen LogP contribution in [0.3, 0.4) is 0 Å². The van der Waals surface area contributed by atoms with Crippen LogP contribution in [0.5, 0.6) is 0 Å². The van der Waals surface area contributed by atoms with Gasteiger partial charge in [0.1, 0.15) is 24.2 Å². The van der Waals surface area contributed by atoms with Gasteiger partial charge in [-0.05, 0) is 36.7 Å². The van der Waals surface area contributed by atoms with Gasteiger partial charge in [-0.3, -0.25) is 14.4 Å². The fourth-order valence-corrected chi connectivity index (χ4v) is 3.25. The van der Waals surface area contributed by atoms with Gasteiger partial charge in [0.25, 0.3) is 0 Å². The van der Waals surface area contributed by atoms with Gasteiger partial charge in [0.2, 0.25) is 17.7 Å². The molecule has 0 saturated heterocycles. The van der Waals surface area contributed by atoms with Gasteiger partial charge >= 0.3 is 5.97 Å². The number of hydrogen-bond acceptors (Lipinski definition) is 7. The molecule has 31 heavy (non-hydrogen) atoms. The van der Waals surface area contributed by atoms with E-state index in [2.05, 4.69) is 16.0 Å². The summed E-state index contributed by atoms with van der Waals surface area (Å²) in [5.74, 6) is -2.60. The van der Waals surface area contributed by atoms with Gasteiger partial charge in [-0.2, -0.15) is 11.8 Å². The second kappa shape index (κ2) is 15.0. The van der Waals surface area contributed by atoms with Crippen LogP contribution in [0.1, 0.15) is 47.0 Å². The summed E-state index contributed by atoms with van der Waals surface area (Å²) in [4.78, 5) is 49.3. The van der Waals surface area contributed by atoms with E-state index in [-0.39, 0.29) is 18.3 Å². The third-order valence-electron chi connectivity index (χ3n) is 4.89. The van der Waals surface area contributed by atoms with E-state index < -0.39 is 54.5 Å². The molecule has 10 nitrogen and oxygen atoms in total. The van der Waals surface area contributed by atoms with Gasteiger partial charge in [-0.25, -0.2) is 4.79 Å². The van der Waals surface area contributed by atoms with Crippen LogP contribution in [0.25, 0.3) is 0 Å². The lowest BCUT2D eigenvalue weighted by molar-refractivity contribution is -0.143. The number of amides is 3. The first kappa shape index (κ1) is 29.1. The quantitative estimate of drug-likeness (QED) is 0.192. The van der Waals surface area contributed by atoms with E-state index in [0.29, 0.717) is 18.6 Å². The maximum absolute atomic E-state index is 12.9. The average Bonchev–Trinajstić information content (AvgIpc) is 2.72. The number of aliphatic hydroxyl groups excluding tert-OH is 1. The third-order valence-corrected chi connectivity index (χ3v) is 5.54. The smallest absolute Gasteiger partial charge is 0.326 e. The fraction of sp³-hybridized carbons (Fsp3) is 0.800. The lowest BCUT2D eigenvalue weighted by Crippen LogP contribution is -2.59. The van der Waals surface area contributed by atoms with Crippen molar-refractivity contribution in [3.63, 3.8) is 0 Å². The molecule has 7 N–H and O–H groups in total. The number of carbonyl (C=O) groups is 4. The van der Waals surface area contributed by atoms with Crippen molar-refractivity contribution >= 4 is 35.5 Å². The molecule has 0 fully saturated rings. The van der Waals surface area contributed by atoms with Crippen molar-refractivity contribution in [2.24, 2.45) is 17.6 Å². The number of thioether (sulfide) groups is 1. The number of carboxylic acids is 1. The molecule has 0 radical (unpaired) electrons. The van der Waals surface area contributed by atoms with Gasteiger partial charge in [0, 0.05) is 0 Å². The predicted molar refractivity (Wildman–Crippen MR) is 120 cm³/mol. The van der Waals surface area contributed by atoms with Crippen molar-refractivity contribution in [2.75, 3.05) is 18.6 Å². The molecule has 0 rings (SSSR count). The van der Waals surface area contributed by atoms with Crippen LogP contribution in [-0.4, -0.2) is 76.7 Å². The second-order valence-corrected chi connectivity index (χ2v) is 9.02. The van der Waals surface area contributed by atoms with Gasteiger partial charge in [0.05, 0.1) is 6.61 Å². The number of carbonyl (C=O) groups excluding carboxylic acids is 3. The SMILES string of the molecule is CCC(C)C(NC(=O)C(CCSC)NC(=O)C(N)CO)C(=O)NC(CC(C)C)C(=O)O. The Kier molecular flexibility index (Phi) is 14.1. The summed E-state index contributed by atoms with van der Waals surface area (Å²) in [5.41, 5.74) is 5.52. The molecule has 5 atom stereocenters. The Labute approximate surface area is 188 Å². The highest BCUT2D eigenvalue weighted by atomic mass is 32.2. The van der Waals surface area contributed by atoms with Crippen molar-refractivity contribution in [3.8, 4) is 0 Å². The van der Waals surface area contributed by atoms with Crippen molar-refractivity contribution in [3.05, 3.63) is 0 Å². The zero-order chi connectivity index (χ0) is 24.1. The maximum atomic E-state index is 12.9. The minimum atomic E-state index is -1.16. The summed E-state index contributed by atoms with van der Waals surface area (Å²) < 4.78 is 0. The number of nitrogens with two attached hydrogens (primary N) is 1. The number of hydrogen-bond donors (Lipinski definition) is 6. The van der Waals surface area contributed by atoms with Crippen LogP contribution in [0.15, 0.2) is 0 Å². The Morgan fingerprint density at radius 1 is 0.968 bits per heavy atom. The van der Waals surface area contributed by atoms with E-state index in [9.17, 15) is 24.3 Å². The minimum absolute atomic E-state index is 0.0555. The van der Waals surface area contributed by atoms with Crippen LogP contribution in [0.2, 0.25) is 0 Å². The summed E-state index contributed by atoms with van der Waals surface area (Å²) >= 11 is 1.49. The van der Waals surface area contributed by atoms with E-state index in [1.54, 1.807) is 6.92 Å². The van der Waals surface area contributed by atoms with E-state index in [1.165, 1.54) is 11.8 Å². The molecule has 0 saturated carbocycles. The number of aliphatic carboxylic acids is 1. The van der Waals surface area contributed by atoms with Crippen LogP contribution in [-0.2, 0) is 19.2 Å². The van der Waals surface area contributed by atoms with Crippen molar-refractivity contribution in [2.45, 2.75) is 71.1 Å². The first-order chi connectivity index (χ1) is 14.5. The number of rotatable bonds is 15. The van der Waals surface area contributed by atoms with Crippen LogP contribution >= 0.6 is 11.8 Å². The summed E-state index contributed by atoms with van der Waals surface area (Å²) in [6, 6.07) is -4.13. The summed E-state index contributed by atoms with van der Waals surface area (Å²) in [6.45, 7) is 6.78. The molecule has 0 spiro atoms. The summed E-state index contributed by atoms with van der Waals surface area (Å²) in [7, 11) is 0. The molecule has 0 aromatic carbocycles. The number of aliphatic hydroxyl groups is 1. The van der Waals surface area contributed by atoms with Gasteiger partial charge in [0.15, 0.2) is 0 Å². The number of nitrogens with one attached hydrogen (secondary N) is 3. The topological polar surface area (TPSA) is 171 Å². The molecule has 3 amide bonds. The molecule has 0 bridgehead atoms. The Morgan fingerprint density at radius 3 is 2.00 bits per heavy atom. The number of carboxylic acid groups (broad SMARTS) is 1. The first-order valence-electron chi connectivity index (χ1n) is 10.5. The van der Waals surface area contributed by atoms with Crippen LogP contribution in [0, 0.1) is 11.8 Å². The molecule has 0 heterocycles. The molecule has 0 aliphatic heterocycles. The maximum Gasteiger partial charge on any atom is 0.326 e. The minimum Gasteiger partial charge on any atom is -0.480 e. The van der Waals surface area contributed by atoms with Gasteiger partial charge < -0.3 is 31.9 Å². The molecule has 0 aromatic heterocycles. The molecule has 0 aliphatic rings. The highest BCUT2D eigenvalue weighted by Gasteiger charge is 2.32. The largest absolute Gasteiger partial charge is 0.480 e. The van der Waals surface area contributed by atoms with E-state index in [0.717, 1.165) is 0 Å². The molecule has 0 aromatic rings. The highest BCUT2D eigenvalue weighted by Crippen LogP contribution is 2.12. The van der Waals surface area contributed by atoms with Gasteiger partial charge in [-0.15, -0.1) is 0 Å². The summed E-state index contributed by atoms with van der Waals surface area (Å²) in [5, 5.41) is 26.2. The first-order valence-corrected chi connectivity index (χ1v) is 11.9. The van der Waals surface area contributed by atoms with Gasteiger partial charge in [-0.1, -0.05) is 34.1 Å². The average molecular weight is 463 g/mol. The lowest BCUT2D eigenvalue weighted by Gasteiger charge is -2.28. The Bertz CT molecular complexity index is 604. The molecule has 0 aliphatic carbocycles. The molecule has 5 unspecified atom stereocenters. The molecular formula is C20H38N4O6S. The highest BCUT2D eigenvalue weighted by molar-refractivity contribution is 7.98. The molecular weight excluding hydrogens is 424 g/mol. The monoisotopic (exact) mass is 462 g/mol. The standard InChI is InChI=1S/C20H38N4O6S/c1-6-12(4)16(19(28)23-15(20(29)30)9-11(2)3)24-18(27)14(7-8-31-5)22-17(26)13(21)10-25/h11-16,25H,6-10,21H2,1-5H3,(H,22,26)(H,23,28)(H,24,27)(H,29,30). The zero-order valence-electron chi connectivity index (χ0n) is 19.0. The van der Waals surface area contributed by atoms with Crippen molar-refractivity contribution < 1.29 is 29.4 Å². The van der Waals surface area contributed by atoms with Crippen LogP contribution < -0.4 is 21.7 Å². The van der Waals surface area contributed by atoms with Crippen molar-refractivity contribution in [1.82, 2.24) is 16.0 Å². The second-order valence-electron chi connectivity index (χ2n) is 8.03. The summed E-state index contributed by atoms with van der Waals surface area (Å²) in [6.07, 6.45) is 2.98. The molecule has 180 valence electrons. The van der Waals surface area contributed by atoms with E-state index in [1.807, 2.05) is 27.0 Å². The van der Waals surface area contributed by atoms with Crippen LogP contribution in [0.4, 0.5) is 0 Å². The fourth-order valence-electron chi connectivity index (χ4n) is 2.78. The Hall–Kier alpha value is -1.85. The van der Waals surface area contributed by atoms with Crippen molar-refractivity contribution in [1.29, 1.82) is 0 Å². The van der Waals surface area contributed by atoms with E-state index in [4.69, 9.17) is 10.8 Å².